The number of aryl methyl sites for hydroxylation is 1. The Kier molecular flexibility index (Phi) is 3.90. The molecule has 1 aromatic heterocycles. The molecule has 1 heterocycles. The van der Waals surface area contributed by atoms with Crippen molar-refractivity contribution in [2.75, 3.05) is 0 Å². The van der Waals surface area contributed by atoms with Crippen LogP contribution in [0.2, 0.25) is 10.0 Å². The molecule has 2 rings (SSSR count). The number of thiazole rings is 1. The fraction of sp³-hybridized carbons (Fsp3) is 0.167. The van der Waals surface area contributed by atoms with E-state index in [1.165, 1.54) is 11.3 Å². The minimum atomic E-state index is 0.520. The van der Waals surface area contributed by atoms with E-state index in [0.717, 1.165) is 21.1 Å². The lowest BCUT2D eigenvalue weighted by atomic mass is 10.1. The summed E-state index contributed by atoms with van der Waals surface area (Å²) in [6.45, 7) is 3.62. The number of oxime groups is 1. The third-order valence-corrected chi connectivity index (χ3v) is 3.86. The number of rotatable bonds is 2. The van der Waals surface area contributed by atoms with Gasteiger partial charge >= 0.3 is 0 Å². The molecule has 1 aromatic carbocycles. The van der Waals surface area contributed by atoms with Crippen LogP contribution >= 0.6 is 34.5 Å². The van der Waals surface area contributed by atoms with Crippen molar-refractivity contribution in [1.29, 1.82) is 0 Å². The molecule has 0 radical (unpaired) electrons. The molecule has 3 nitrogen and oxygen atoms in total. The molecule has 0 saturated carbocycles. The third kappa shape index (κ3) is 2.66. The van der Waals surface area contributed by atoms with Gasteiger partial charge in [0.1, 0.15) is 0 Å². The molecule has 1 N–H and O–H groups in total. The molecule has 0 bridgehead atoms. The highest BCUT2D eigenvalue weighted by Crippen LogP contribution is 2.32. The summed E-state index contributed by atoms with van der Waals surface area (Å²) in [7, 11) is 0. The standard InChI is InChI=1S/C12H10Cl2N2OS/c1-6(16-17)12-11(15-7(2)18-12)8-3-9(13)5-10(14)4-8/h3-5,17H,1-2H3/b16-6+. The molecule has 0 atom stereocenters. The highest BCUT2D eigenvalue weighted by Gasteiger charge is 2.15. The van der Waals surface area contributed by atoms with Crippen LogP contribution in [-0.4, -0.2) is 15.9 Å². The highest BCUT2D eigenvalue weighted by molar-refractivity contribution is 7.14. The molecule has 0 saturated heterocycles. The van der Waals surface area contributed by atoms with Crippen LogP contribution in [-0.2, 0) is 0 Å². The number of aromatic nitrogens is 1. The molecule has 18 heavy (non-hydrogen) atoms. The van der Waals surface area contributed by atoms with E-state index in [-0.39, 0.29) is 0 Å². The summed E-state index contributed by atoms with van der Waals surface area (Å²) in [5.74, 6) is 0. The second-order valence-electron chi connectivity index (χ2n) is 3.75. The smallest absolute Gasteiger partial charge is 0.0959 e. The van der Waals surface area contributed by atoms with Gasteiger partial charge in [0, 0.05) is 15.6 Å². The minimum Gasteiger partial charge on any atom is -0.411 e. The van der Waals surface area contributed by atoms with Crippen molar-refractivity contribution < 1.29 is 5.21 Å². The van der Waals surface area contributed by atoms with E-state index in [0.29, 0.717) is 15.8 Å². The van der Waals surface area contributed by atoms with Gasteiger partial charge in [-0.2, -0.15) is 0 Å². The van der Waals surface area contributed by atoms with Gasteiger partial charge in [0.2, 0.25) is 0 Å². The van der Waals surface area contributed by atoms with Gasteiger partial charge in [-0.05, 0) is 32.0 Å². The Morgan fingerprint density at radius 1 is 1.28 bits per heavy atom. The molecule has 0 amide bonds. The SMILES string of the molecule is C/C(=N\O)c1sc(C)nc1-c1cc(Cl)cc(Cl)c1. The molecular formula is C12H10Cl2N2OS. The molecule has 0 aliphatic rings. The Hall–Kier alpha value is -1.10. The Bertz CT molecular complexity index is 602. The van der Waals surface area contributed by atoms with Crippen LogP contribution in [0.4, 0.5) is 0 Å². The third-order valence-electron chi connectivity index (χ3n) is 2.35. The number of hydrogen-bond acceptors (Lipinski definition) is 4. The largest absolute Gasteiger partial charge is 0.411 e. The number of hydrogen-bond donors (Lipinski definition) is 1. The predicted molar refractivity (Wildman–Crippen MR) is 76.3 cm³/mol. The van der Waals surface area contributed by atoms with E-state index in [1.54, 1.807) is 25.1 Å². The molecule has 94 valence electrons. The monoisotopic (exact) mass is 300 g/mol. The first-order chi connectivity index (χ1) is 8.51. The van der Waals surface area contributed by atoms with Gasteiger partial charge in [-0.3, -0.25) is 0 Å². The average Bonchev–Trinajstić information content (AvgIpc) is 2.69. The summed E-state index contributed by atoms with van der Waals surface area (Å²) in [6.07, 6.45) is 0. The van der Waals surface area contributed by atoms with Crippen LogP contribution in [0.3, 0.4) is 0 Å². The molecule has 0 aliphatic carbocycles. The van der Waals surface area contributed by atoms with E-state index in [2.05, 4.69) is 10.1 Å². The second-order valence-corrected chi connectivity index (χ2v) is 5.83. The van der Waals surface area contributed by atoms with Crippen molar-refractivity contribution in [2.45, 2.75) is 13.8 Å². The topological polar surface area (TPSA) is 45.5 Å². The maximum absolute atomic E-state index is 8.89. The van der Waals surface area contributed by atoms with Crippen molar-refractivity contribution >= 4 is 40.3 Å². The van der Waals surface area contributed by atoms with E-state index in [9.17, 15) is 0 Å². The van der Waals surface area contributed by atoms with Crippen LogP contribution in [0.15, 0.2) is 23.4 Å². The Labute approximate surface area is 119 Å². The van der Waals surface area contributed by atoms with Crippen LogP contribution in [0.5, 0.6) is 0 Å². The quantitative estimate of drug-likeness (QED) is 0.499. The maximum Gasteiger partial charge on any atom is 0.0959 e. The van der Waals surface area contributed by atoms with Crippen LogP contribution in [0.1, 0.15) is 16.8 Å². The number of benzene rings is 1. The number of halogens is 2. The predicted octanol–water partition coefficient (Wildman–Crippen LogP) is 4.62. The van der Waals surface area contributed by atoms with Crippen LogP contribution in [0, 0.1) is 6.92 Å². The Balaban J connectivity index is 2.63. The molecule has 2 aromatic rings. The van der Waals surface area contributed by atoms with Gasteiger partial charge in [0.05, 0.1) is 21.3 Å². The summed E-state index contributed by atoms with van der Waals surface area (Å²) < 4.78 is 0. The van der Waals surface area contributed by atoms with Gasteiger partial charge < -0.3 is 5.21 Å². The summed E-state index contributed by atoms with van der Waals surface area (Å²) in [4.78, 5) is 5.25. The zero-order valence-electron chi connectivity index (χ0n) is 9.74. The van der Waals surface area contributed by atoms with Gasteiger partial charge in [-0.1, -0.05) is 28.4 Å². The summed E-state index contributed by atoms with van der Waals surface area (Å²) in [6, 6.07) is 5.24. The molecule has 0 unspecified atom stereocenters. The first-order valence-corrected chi connectivity index (χ1v) is 6.71. The van der Waals surface area contributed by atoms with Crippen molar-refractivity contribution in [3.05, 3.63) is 38.1 Å². The van der Waals surface area contributed by atoms with E-state index >= 15 is 0 Å². The second kappa shape index (κ2) is 5.26. The first-order valence-electron chi connectivity index (χ1n) is 5.14. The molecule has 0 aliphatic heterocycles. The Morgan fingerprint density at radius 3 is 2.44 bits per heavy atom. The lowest BCUT2D eigenvalue weighted by Gasteiger charge is -2.03. The lowest BCUT2D eigenvalue weighted by molar-refractivity contribution is 0.319. The van der Waals surface area contributed by atoms with Gasteiger partial charge in [0.15, 0.2) is 0 Å². The first kappa shape index (κ1) is 13.3. The van der Waals surface area contributed by atoms with E-state index in [1.807, 2.05) is 6.92 Å². The van der Waals surface area contributed by atoms with Crippen molar-refractivity contribution in [2.24, 2.45) is 5.16 Å². The fourth-order valence-electron chi connectivity index (χ4n) is 1.60. The number of nitrogens with zero attached hydrogens (tertiary/aromatic N) is 2. The summed E-state index contributed by atoms with van der Waals surface area (Å²) in [5.41, 5.74) is 2.07. The zero-order chi connectivity index (χ0) is 13.3. The summed E-state index contributed by atoms with van der Waals surface area (Å²) in [5, 5.41) is 14.1. The Morgan fingerprint density at radius 2 is 1.89 bits per heavy atom. The van der Waals surface area contributed by atoms with Crippen molar-refractivity contribution in [1.82, 2.24) is 4.98 Å². The van der Waals surface area contributed by atoms with Gasteiger partial charge in [0.25, 0.3) is 0 Å². The van der Waals surface area contributed by atoms with Crippen molar-refractivity contribution in [3.63, 3.8) is 0 Å². The molecule has 6 heteroatoms. The minimum absolute atomic E-state index is 0.520. The van der Waals surface area contributed by atoms with Crippen LogP contribution in [0.25, 0.3) is 11.3 Å². The average molecular weight is 301 g/mol. The van der Waals surface area contributed by atoms with Gasteiger partial charge in [-0.15, -0.1) is 11.3 Å². The maximum atomic E-state index is 8.89. The molecule has 0 fully saturated rings. The van der Waals surface area contributed by atoms with Gasteiger partial charge in [-0.25, -0.2) is 4.98 Å². The van der Waals surface area contributed by atoms with Crippen LogP contribution < -0.4 is 0 Å². The van der Waals surface area contributed by atoms with E-state index < -0.39 is 0 Å². The summed E-state index contributed by atoms with van der Waals surface area (Å²) >= 11 is 13.4. The van der Waals surface area contributed by atoms with Crippen molar-refractivity contribution in [3.8, 4) is 11.3 Å². The normalized spacial score (nSPS) is 11.9. The highest BCUT2D eigenvalue weighted by atomic mass is 35.5. The fourth-order valence-corrected chi connectivity index (χ4v) is 3.01. The molecule has 0 spiro atoms. The zero-order valence-corrected chi connectivity index (χ0v) is 12.1. The lowest BCUT2D eigenvalue weighted by Crippen LogP contribution is -1.94. The van der Waals surface area contributed by atoms with E-state index in [4.69, 9.17) is 28.4 Å². The molecular weight excluding hydrogens is 291 g/mol.